The van der Waals surface area contributed by atoms with E-state index in [1.165, 1.54) is 0 Å². The van der Waals surface area contributed by atoms with E-state index >= 15 is 0 Å². The van der Waals surface area contributed by atoms with Crippen LogP contribution in [-0.4, -0.2) is 19.7 Å². The minimum absolute atomic E-state index is 0.293. The molecule has 0 aliphatic carbocycles. The van der Waals surface area contributed by atoms with Crippen molar-refractivity contribution in [3.63, 3.8) is 0 Å². The van der Waals surface area contributed by atoms with Crippen molar-refractivity contribution >= 4 is 21.6 Å². The van der Waals surface area contributed by atoms with E-state index in [4.69, 9.17) is 10.00 Å². The number of anilines is 1. The summed E-state index contributed by atoms with van der Waals surface area (Å²) in [5.41, 5.74) is 1.09. The summed E-state index contributed by atoms with van der Waals surface area (Å²) in [6, 6.07) is 8.48. The van der Waals surface area contributed by atoms with Gasteiger partial charge in [-0.15, -0.1) is 0 Å². The summed E-state index contributed by atoms with van der Waals surface area (Å²) >= 11 is 3.48. The molecule has 1 atom stereocenters. The molecule has 0 fully saturated rings. The van der Waals surface area contributed by atoms with Gasteiger partial charge in [0.1, 0.15) is 6.61 Å². The van der Waals surface area contributed by atoms with E-state index in [0.29, 0.717) is 19.1 Å². The summed E-state index contributed by atoms with van der Waals surface area (Å²) in [6.07, 6.45) is 1.42. The molecule has 0 aromatic heterocycles. The lowest BCUT2D eigenvalue weighted by Crippen LogP contribution is -2.40. The Morgan fingerprint density at radius 1 is 1.62 bits per heavy atom. The number of para-hydroxylation sites is 1. The fraction of sp³-hybridized carbons (Fsp3) is 0.417. The van der Waals surface area contributed by atoms with E-state index in [0.717, 1.165) is 22.3 Å². The normalized spacial score (nSPS) is 18.6. The molecule has 2 rings (SSSR count). The maximum Gasteiger partial charge on any atom is 0.156 e. The number of hydrogen-bond donors (Lipinski definition) is 0. The van der Waals surface area contributed by atoms with Gasteiger partial charge in [-0.3, -0.25) is 0 Å². The highest BCUT2D eigenvalue weighted by atomic mass is 79.9. The summed E-state index contributed by atoms with van der Waals surface area (Å²) in [5, 5.41) is 8.61. The highest BCUT2D eigenvalue weighted by molar-refractivity contribution is 9.10. The van der Waals surface area contributed by atoms with Crippen molar-refractivity contribution in [2.45, 2.75) is 18.9 Å². The predicted molar refractivity (Wildman–Crippen MR) is 66.7 cm³/mol. The fourth-order valence-electron chi connectivity index (χ4n) is 1.91. The summed E-state index contributed by atoms with van der Waals surface area (Å²) in [6.45, 7) is 0.647. The van der Waals surface area contributed by atoms with E-state index in [-0.39, 0.29) is 0 Å². The van der Waals surface area contributed by atoms with E-state index in [1.807, 2.05) is 18.2 Å². The lowest BCUT2D eigenvalue weighted by atomic mass is 10.1. The third-order valence-corrected chi connectivity index (χ3v) is 3.51. The van der Waals surface area contributed by atoms with Gasteiger partial charge in [0.2, 0.25) is 0 Å². The van der Waals surface area contributed by atoms with Gasteiger partial charge in [0.25, 0.3) is 0 Å². The molecule has 1 aliphatic rings. The van der Waals surface area contributed by atoms with Gasteiger partial charge in [0.15, 0.2) is 5.75 Å². The maximum absolute atomic E-state index is 8.61. The van der Waals surface area contributed by atoms with Crippen molar-refractivity contribution in [2.75, 3.05) is 18.6 Å². The number of nitriles is 1. The van der Waals surface area contributed by atoms with Crippen molar-refractivity contribution in [2.24, 2.45) is 0 Å². The molecule has 1 aromatic carbocycles. The Hall–Kier alpha value is -1.21. The van der Waals surface area contributed by atoms with Crippen molar-refractivity contribution in [3.8, 4) is 11.8 Å². The molecule has 0 radical (unpaired) electrons. The fourth-order valence-corrected chi connectivity index (χ4v) is 2.38. The van der Waals surface area contributed by atoms with Crippen LogP contribution in [0.4, 0.5) is 5.69 Å². The van der Waals surface area contributed by atoms with E-state index < -0.39 is 0 Å². The van der Waals surface area contributed by atoms with Crippen molar-refractivity contribution in [1.29, 1.82) is 5.26 Å². The molecule has 1 heterocycles. The molecule has 0 spiro atoms. The second-order valence-corrected chi connectivity index (χ2v) is 4.71. The van der Waals surface area contributed by atoms with Gasteiger partial charge >= 0.3 is 0 Å². The topological polar surface area (TPSA) is 36.3 Å². The van der Waals surface area contributed by atoms with Gasteiger partial charge in [0.05, 0.1) is 22.3 Å². The Labute approximate surface area is 104 Å². The van der Waals surface area contributed by atoms with Gasteiger partial charge in [-0.2, -0.15) is 5.26 Å². The molecule has 1 aromatic rings. The summed E-state index contributed by atoms with van der Waals surface area (Å²) < 4.78 is 6.72. The lowest BCUT2D eigenvalue weighted by molar-refractivity contribution is 0.259. The largest absolute Gasteiger partial charge is 0.488 e. The summed E-state index contributed by atoms with van der Waals surface area (Å²) in [4.78, 5) is 2.20. The first-order chi connectivity index (χ1) is 7.74. The maximum atomic E-state index is 8.61. The molecule has 0 saturated carbocycles. The Kier molecular flexibility index (Phi) is 3.35. The highest BCUT2D eigenvalue weighted by Crippen LogP contribution is 2.39. The molecular formula is C12H13BrN2O. The van der Waals surface area contributed by atoms with Crippen LogP contribution < -0.4 is 9.64 Å². The zero-order valence-electron chi connectivity index (χ0n) is 9.11. The van der Waals surface area contributed by atoms with Crippen LogP contribution in [0.25, 0.3) is 0 Å². The third-order valence-electron chi connectivity index (χ3n) is 2.88. The number of fused-ring (bicyclic) bond motifs is 1. The van der Waals surface area contributed by atoms with Gasteiger partial charge < -0.3 is 9.64 Å². The number of hydrogen-bond acceptors (Lipinski definition) is 3. The summed E-state index contributed by atoms with van der Waals surface area (Å²) in [7, 11) is 2.05. The Balaban J connectivity index is 2.22. The van der Waals surface area contributed by atoms with Crippen molar-refractivity contribution in [1.82, 2.24) is 0 Å². The second kappa shape index (κ2) is 4.75. The first kappa shape index (κ1) is 11.3. The number of nitrogens with zero attached hydrogens (tertiary/aromatic N) is 2. The molecule has 1 unspecified atom stereocenters. The van der Waals surface area contributed by atoms with Crippen LogP contribution in [0, 0.1) is 11.3 Å². The molecule has 16 heavy (non-hydrogen) atoms. The first-order valence-corrected chi connectivity index (χ1v) is 6.04. The number of benzene rings is 1. The monoisotopic (exact) mass is 280 g/mol. The van der Waals surface area contributed by atoms with Crippen molar-refractivity contribution in [3.05, 3.63) is 22.7 Å². The van der Waals surface area contributed by atoms with E-state index in [1.54, 1.807) is 0 Å². The zero-order valence-corrected chi connectivity index (χ0v) is 10.7. The molecule has 4 heteroatoms. The number of rotatable bonds is 2. The van der Waals surface area contributed by atoms with Crippen LogP contribution in [0.3, 0.4) is 0 Å². The second-order valence-electron chi connectivity index (χ2n) is 3.86. The van der Waals surface area contributed by atoms with Crippen LogP contribution in [0.2, 0.25) is 0 Å². The molecule has 1 aliphatic heterocycles. The van der Waals surface area contributed by atoms with Crippen LogP contribution >= 0.6 is 15.9 Å². The minimum Gasteiger partial charge on any atom is -0.488 e. The average molecular weight is 281 g/mol. The number of ether oxygens (including phenoxy) is 1. The molecule has 0 N–H and O–H groups in total. The average Bonchev–Trinajstić information content (AvgIpc) is 2.29. The van der Waals surface area contributed by atoms with Gasteiger partial charge in [-0.1, -0.05) is 6.07 Å². The highest BCUT2D eigenvalue weighted by Gasteiger charge is 2.25. The van der Waals surface area contributed by atoms with Crippen LogP contribution in [0.5, 0.6) is 5.75 Å². The smallest absolute Gasteiger partial charge is 0.156 e. The third kappa shape index (κ3) is 2.00. The van der Waals surface area contributed by atoms with Crippen LogP contribution in [-0.2, 0) is 0 Å². The van der Waals surface area contributed by atoms with Gasteiger partial charge in [-0.25, -0.2) is 0 Å². The quantitative estimate of drug-likeness (QED) is 0.836. The lowest BCUT2D eigenvalue weighted by Gasteiger charge is -2.36. The Bertz CT molecular complexity index is 428. The predicted octanol–water partition coefficient (Wildman–Crippen LogP) is 2.95. The zero-order chi connectivity index (χ0) is 11.5. The SMILES string of the molecule is CN1c2cccc(Br)c2OCC1CCC#N. The Morgan fingerprint density at radius 2 is 2.44 bits per heavy atom. The first-order valence-electron chi connectivity index (χ1n) is 5.25. The number of halogens is 1. The van der Waals surface area contributed by atoms with Gasteiger partial charge in [-0.05, 0) is 34.5 Å². The minimum atomic E-state index is 0.293. The molecule has 0 bridgehead atoms. The molecule has 0 amide bonds. The molecule has 3 nitrogen and oxygen atoms in total. The van der Waals surface area contributed by atoms with Crippen LogP contribution in [0.15, 0.2) is 22.7 Å². The molecule has 0 saturated heterocycles. The van der Waals surface area contributed by atoms with Crippen molar-refractivity contribution < 1.29 is 4.74 Å². The number of likely N-dealkylation sites (N-methyl/N-ethyl adjacent to an activating group) is 1. The van der Waals surface area contributed by atoms with E-state index in [2.05, 4.69) is 33.9 Å². The standard InChI is InChI=1S/C12H13BrN2O/c1-15-9(4-3-7-14)8-16-12-10(13)5-2-6-11(12)15/h2,5-6,9H,3-4,8H2,1H3. The summed E-state index contributed by atoms with van der Waals surface area (Å²) in [5.74, 6) is 0.901. The molecular weight excluding hydrogens is 268 g/mol. The molecule has 84 valence electrons. The van der Waals surface area contributed by atoms with Crippen LogP contribution in [0.1, 0.15) is 12.8 Å². The van der Waals surface area contributed by atoms with E-state index in [9.17, 15) is 0 Å². The Morgan fingerprint density at radius 3 is 3.19 bits per heavy atom. The van der Waals surface area contributed by atoms with Gasteiger partial charge in [0, 0.05) is 13.5 Å².